The van der Waals surface area contributed by atoms with E-state index in [4.69, 9.17) is 4.74 Å². The zero-order valence-corrected chi connectivity index (χ0v) is 15.4. The van der Waals surface area contributed by atoms with Crippen LogP contribution in [0.1, 0.15) is 47.2 Å². The SMILES string of the molecule is CC(C)(C)c1cc(NC(=O)COc2ccccc2)n(C(C)(C)C)n1. The Morgan fingerprint density at radius 2 is 1.75 bits per heavy atom. The molecule has 5 nitrogen and oxygen atoms in total. The van der Waals surface area contributed by atoms with Crippen molar-refractivity contribution >= 4 is 11.7 Å². The maximum atomic E-state index is 12.2. The van der Waals surface area contributed by atoms with Crippen LogP contribution in [0.3, 0.4) is 0 Å². The van der Waals surface area contributed by atoms with Crippen molar-refractivity contribution in [1.29, 1.82) is 0 Å². The maximum Gasteiger partial charge on any atom is 0.263 e. The summed E-state index contributed by atoms with van der Waals surface area (Å²) in [6, 6.07) is 11.2. The van der Waals surface area contributed by atoms with Gasteiger partial charge in [0.1, 0.15) is 11.6 Å². The lowest BCUT2D eigenvalue weighted by Gasteiger charge is -2.23. The number of anilines is 1. The summed E-state index contributed by atoms with van der Waals surface area (Å²) in [4.78, 5) is 12.2. The lowest BCUT2D eigenvalue weighted by atomic mass is 9.92. The van der Waals surface area contributed by atoms with Crippen LogP contribution < -0.4 is 10.1 Å². The van der Waals surface area contributed by atoms with Crippen molar-refractivity contribution in [3.63, 3.8) is 0 Å². The fraction of sp³-hybridized carbons (Fsp3) is 0.474. The molecular weight excluding hydrogens is 302 g/mol. The number of hydrogen-bond donors (Lipinski definition) is 1. The van der Waals surface area contributed by atoms with E-state index in [0.717, 1.165) is 5.69 Å². The molecule has 0 bridgehead atoms. The number of aromatic nitrogens is 2. The van der Waals surface area contributed by atoms with Crippen molar-refractivity contribution in [1.82, 2.24) is 9.78 Å². The molecule has 5 heteroatoms. The van der Waals surface area contributed by atoms with E-state index in [1.165, 1.54) is 0 Å². The Morgan fingerprint density at radius 3 is 2.29 bits per heavy atom. The van der Waals surface area contributed by atoms with Gasteiger partial charge in [0.05, 0.1) is 11.2 Å². The molecule has 0 aliphatic rings. The minimum Gasteiger partial charge on any atom is -0.484 e. The molecule has 1 amide bonds. The molecule has 130 valence electrons. The average Bonchev–Trinajstić information content (AvgIpc) is 2.90. The molecule has 0 saturated heterocycles. The number of carbonyl (C=O) groups excluding carboxylic acids is 1. The molecule has 0 aliphatic heterocycles. The second-order valence-corrected chi connectivity index (χ2v) is 7.90. The van der Waals surface area contributed by atoms with Crippen LogP contribution in [0, 0.1) is 0 Å². The number of amides is 1. The highest BCUT2D eigenvalue weighted by molar-refractivity contribution is 5.91. The van der Waals surface area contributed by atoms with E-state index in [1.807, 2.05) is 41.1 Å². The Morgan fingerprint density at radius 1 is 1.12 bits per heavy atom. The predicted molar refractivity (Wildman–Crippen MR) is 96.5 cm³/mol. The number of rotatable bonds is 4. The molecule has 0 spiro atoms. The summed E-state index contributed by atoms with van der Waals surface area (Å²) in [5, 5.41) is 7.60. The fourth-order valence-corrected chi connectivity index (χ4v) is 2.19. The second kappa shape index (κ2) is 6.67. The van der Waals surface area contributed by atoms with Crippen molar-refractivity contribution in [2.24, 2.45) is 0 Å². The van der Waals surface area contributed by atoms with Crippen LogP contribution >= 0.6 is 0 Å². The number of carbonyl (C=O) groups is 1. The molecule has 0 atom stereocenters. The molecule has 1 N–H and O–H groups in total. The first-order chi connectivity index (χ1) is 11.1. The maximum absolute atomic E-state index is 12.2. The Labute approximate surface area is 144 Å². The van der Waals surface area contributed by atoms with Crippen LogP contribution in [0.4, 0.5) is 5.82 Å². The van der Waals surface area contributed by atoms with E-state index in [0.29, 0.717) is 11.6 Å². The Bertz CT molecular complexity index is 692. The van der Waals surface area contributed by atoms with Crippen LogP contribution in [0.2, 0.25) is 0 Å². The molecule has 2 aromatic rings. The molecule has 2 rings (SSSR count). The topological polar surface area (TPSA) is 56.1 Å². The average molecular weight is 329 g/mol. The minimum absolute atomic E-state index is 0.0375. The van der Waals surface area contributed by atoms with Gasteiger partial charge in [-0.2, -0.15) is 5.10 Å². The number of para-hydroxylation sites is 1. The summed E-state index contributed by atoms with van der Waals surface area (Å²) >= 11 is 0. The van der Waals surface area contributed by atoms with Gasteiger partial charge in [-0.3, -0.25) is 4.79 Å². The number of benzene rings is 1. The minimum atomic E-state index is -0.230. The lowest BCUT2D eigenvalue weighted by Crippen LogP contribution is -2.28. The highest BCUT2D eigenvalue weighted by atomic mass is 16.5. The van der Waals surface area contributed by atoms with E-state index < -0.39 is 0 Å². The van der Waals surface area contributed by atoms with E-state index in [1.54, 1.807) is 0 Å². The second-order valence-electron chi connectivity index (χ2n) is 7.90. The zero-order valence-electron chi connectivity index (χ0n) is 15.4. The van der Waals surface area contributed by atoms with Crippen LogP contribution in [0.25, 0.3) is 0 Å². The van der Waals surface area contributed by atoms with Gasteiger partial charge in [0.15, 0.2) is 6.61 Å². The summed E-state index contributed by atoms with van der Waals surface area (Å²) in [5.74, 6) is 1.16. The predicted octanol–water partition coefficient (Wildman–Crippen LogP) is 3.95. The van der Waals surface area contributed by atoms with Crippen LogP contribution in [-0.2, 0) is 15.7 Å². The van der Waals surface area contributed by atoms with Crippen LogP contribution in [0.5, 0.6) is 5.75 Å². The zero-order chi connectivity index (χ0) is 18.0. The van der Waals surface area contributed by atoms with Gasteiger partial charge < -0.3 is 10.1 Å². The Balaban J connectivity index is 2.13. The lowest BCUT2D eigenvalue weighted by molar-refractivity contribution is -0.118. The summed E-state index contributed by atoms with van der Waals surface area (Å²) in [5.41, 5.74) is 0.625. The van der Waals surface area contributed by atoms with Gasteiger partial charge in [-0.25, -0.2) is 4.68 Å². The first kappa shape index (κ1) is 18.0. The van der Waals surface area contributed by atoms with Crippen LogP contribution in [0.15, 0.2) is 36.4 Å². The molecule has 0 unspecified atom stereocenters. The summed E-state index contributed by atoms with van der Waals surface area (Å²) in [6.07, 6.45) is 0. The van der Waals surface area contributed by atoms with Crippen molar-refractivity contribution in [2.75, 3.05) is 11.9 Å². The molecule has 1 heterocycles. The largest absolute Gasteiger partial charge is 0.484 e. The smallest absolute Gasteiger partial charge is 0.263 e. The van der Waals surface area contributed by atoms with Gasteiger partial charge in [0.2, 0.25) is 0 Å². The van der Waals surface area contributed by atoms with Gasteiger partial charge in [-0.05, 0) is 32.9 Å². The van der Waals surface area contributed by atoms with Crippen LogP contribution in [-0.4, -0.2) is 22.3 Å². The third-order valence-electron chi connectivity index (χ3n) is 3.49. The third-order valence-corrected chi connectivity index (χ3v) is 3.49. The van der Waals surface area contributed by atoms with Crippen molar-refractivity contribution < 1.29 is 9.53 Å². The van der Waals surface area contributed by atoms with Crippen molar-refractivity contribution in [3.8, 4) is 5.75 Å². The van der Waals surface area contributed by atoms with Gasteiger partial charge in [-0.1, -0.05) is 39.0 Å². The monoisotopic (exact) mass is 329 g/mol. The molecule has 24 heavy (non-hydrogen) atoms. The number of nitrogens with one attached hydrogen (secondary N) is 1. The van der Waals surface area contributed by atoms with E-state index in [-0.39, 0.29) is 23.5 Å². The van der Waals surface area contributed by atoms with Gasteiger partial charge in [0, 0.05) is 11.5 Å². The van der Waals surface area contributed by atoms with E-state index in [9.17, 15) is 4.79 Å². The quantitative estimate of drug-likeness (QED) is 0.924. The van der Waals surface area contributed by atoms with Crippen molar-refractivity contribution in [2.45, 2.75) is 52.5 Å². The Kier molecular flexibility index (Phi) is 5.02. The standard InChI is InChI=1S/C19H27N3O2/c1-18(2,3)15-12-16(22(21-15)19(4,5)6)20-17(23)13-24-14-10-8-7-9-11-14/h7-12H,13H2,1-6H3,(H,20,23). The van der Waals surface area contributed by atoms with Gasteiger partial charge in [-0.15, -0.1) is 0 Å². The summed E-state index contributed by atoms with van der Waals surface area (Å²) in [6.45, 7) is 12.4. The first-order valence-corrected chi connectivity index (χ1v) is 8.16. The number of hydrogen-bond acceptors (Lipinski definition) is 3. The normalized spacial score (nSPS) is 12.1. The highest BCUT2D eigenvalue weighted by Gasteiger charge is 2.25. The van der Waals surface area contributed by atoms with E-state index in [2.05, 4.69) is 52.0 Å². The third kappa shape index (κ3) is 4.60. The number of ether oxygens (including phenoxy) is 1. The van der Waals surface area contributed by atoms with Gasteiger partial charge >= 0.3 is 0 Å². The molecular formula is C19H27N3O2. The highest BCUT2D eigenvalue weighted by Crippen LogP contribution is 2.28. The molecule has 0 fully saturated rings. The molecule has 1 aromatic carbocycles. The molecule has 0 aliphatic carbocycles. The summed E-state index contributed by atoms with van der Waals surface area (Å²) < 4.78 is 7.35. The number of nitrogens with zero attached hydrogens (tertiary/aromatic N) is 2. The van der Waals surface area contributed by atoms with Crippen molar-refractivity contribution in [3.05, 3.63) is 42.1 Å². The van der Waals surface area contributed by atoms with Gasteiger partial charge in [0.25, 0.3) is 5.91 Å². The summed E-state index contributed by atoms with van der Waals surface area (Å²) in [7, 11) is 0. The molecule has 1 aromatic heterocycles. The molecule has 0 saturated carbocycles. The first-order valence-electron chi connectivity index (χ1n) is 8.16. The van der Waals surface area contributed by atoms with E-state index >= 15 is 0 Å². The fourth-order valence-electron chi connectivity index (χ4n) is 2.19. The Hall–Kier alpha value is -2.30. The molecule has 0 radical (unpaired) electrons.